The topological polar surface area (TPSA) is 108 Å². The summed E-state index contributed by atoms with van der Waals surface area (Å²) in [5.41, 5.74) is 0.0895. The number of anilines is 1. The fraction of sp³-hybridized carbons (Fsp3) is 0.0526. The van der Waals surface area contributed by atoms with Gasteiger partial charge in [-0.3, -0.25) is 14.8 Å². The summed E-state index contributed by atoms with van der Waals surface area (Å²) in [5, 5.41) is 10.6. The van der Waals surface area contributed by atoms with Crippen molar-refractivity contribution in [3.8, 4) is 17.2 Å². The van der Waals surface area contributed by atoms with Gasteiger partial charge in [0.2, 0.25) is 0 Å². The van der Waals surface area contributed by atoms with Crippen molar-refractivity contribution in [2.45, 2.75) is 4.90 Å². The monoisotopic (exact) mass is 502 g/mol. The molecule has 1 N–H and O–H groups in total. The first-order valence-corrected chi connectivity index (χ1v) is 11.0. The summed E-state index contributed by atoms with van der Waals surface area (Å²) < 4.78 is 38.4. The van der Waals surface area contributed by atoms with Crippen molar-refractivity contribution in [1.29, 1.82) is 0 Å². The minimum absolute atomic E-state index is 0.0424. The highest BCUT2D eigenvalue weighted by atomic mass is 35.5. The van der Waals surface area contributed by atoms with Crippen molar-refractivity contribution < 1.29 is 22.8 Å². The Morgan fingerprint density at radius 2 is 1.55 bits per heavy atom. The molecule has 0 aromatic heterocycles. The smallest absolute Gasteiger partial charge is 0.271 e. The standard InChI is InChI=1S/C19H13Cl3N2O6S/c1-29-13-5-2-11(3-6-13)23-31(27,28)14-9-16(21)19(17(22)10-14)30-18-7-4-12(24(25)26)8-15(18)20/h2-10,23H,1H3. The van der Waals surface area contributed by atoms with E-state index in [0.717, 1.165) is 18.2 Å². The number of sulfonamides is 1. The van der Waals surface area contributed by atoms with Crippen molar-refractivity contribution in [3.63, 3.8) is 0 Å². The van der Waals surface area contributed by atoms with E-state index in [1.165, 1.54) is 31.4 Å². The Morgan fingerprint density at radius 1 is 0.935 bits per heavy atom. The summed E-state index contributed by atoms with van der Waals surface area (Å²) in [5.74, 6) is 0.575. The second-order valence-corrected chi connectivity index (χ2v) is 8.93. The lowest BCUT2D eigenvalue weighted by Gasteiger charge is -2.14. The molecule has 0 bridgehead atoms. The first-order chi connectivity index (χ1) is 14.6. The van der Waals surface area contributed by atoms with E-state index in [9.17, 15) is 18.5 Å². The molecule has 0 aliphatic rings. The van der Waals surface area contributed by atoms with E-state index in [4.69, 9.17) is 44.3 Å². The van der Waals surface area contributed by atoms with Gasteiger partial charge in [0, 0.05) is 17.8 Å². The number of hydrogen-bond donors (Lipinski definition) is 1. The number of nitro benzene ring substituents is 1. The summed E-state index contributed by atoms with van der Waals surface area (Å²) in [6, 6.07) is 12.2. The molecule has 0 saturated heterocycles. The van der Waals surface area contributed by atoms with E-state index in [-0.39, 0.29) is 37.1 Å². The molecule has 0 heterocycles. The lowest BCUT2D eigenvalue weighted by molar-refractivity contribution is -0.384. The molecule has 0 radical (unpaired) electrons. The van der Waals surface area contributed by atoms with Crippen LogP contribution in [0.3, 0.4) is 0 Å². The molecule has 0 spiro atoms. The number of nitro groups is 1. The number of rotatable bonds is 7. The summed E-state index contributed by atoms with van der Waals surface area (Å²) in [7, 11) is -2.51. The second-order valence-electron chi connectivity index (χ2n) is 6.02. The van der Waals surface area contributed by atoms with Gasteiger partial charge in [-0.05, 0) is 42.5 Å². The van der Waals surface area contributed by atoms with E-state index in [0.29, 0.717) is 11.4 Å². The number of non-ortho nitro benzene ring substituents is 1. The molecule has 0 unspecified atom stereocenters. The van der Waals surface area contributed by atoms with Crippen molar-refractivity contribution in [2.75, 3.05) is 11.8 Å². The average Bonchev–Trinajstić information content (AvgIpc) is 2.71. The Bertz CT molecular complexity index is 1230. The van der Waals surface area contributed by atoms with Crippen LogP contribution in [-0.4, -0.2) is 20.5 Å². The number of methoxy groups -OCH3 is 1. The summed E-state index contributed by atoms with van der Waals surface area (Å²) in [4.78, 5) is 10.0. The van der Waals surface area contributed by atoms with E-state index >= 15 is 0 Å². The van der Waals surface area contributed by atoms with Gasteiger partial charge in [0.05, 0.1) is 32.0 Å². The van der Waals surface area contributed by atoms with Crippen molar-refractivity contribution in [1.82, 2.24) is 0 Å². The van der Waals surface area contributed by atoms with Crippen LogP contribution in [0.1, 0.15) is 0 Å². The van der Waals surface area contributed by atoms with Gasteiger partial charge in [0.25, 0.3) is 15.7 Å². The van der Waals surface area contributed by atoms with Crippen LogP contribution >= 0.6 is 34.8 Å². The van der Waals surface area contributed by atoms with Crippen LogP contribution in [0.25, 0.3) is 0 Å². The van der Waals surface area contributed by atoms with Crippen molar-refractivity contribution >= 4 is 56.2 Å². The van der Waals surface area contributed by atoms with Gasteiger partial charge in [-0.2, -0.15) is 0 Å². The Kier molecular flexibility index (Phi) is 6.80. The Labute approximate surface area is 192 Å². The minimum atomic E-state index is -4.01. The summed E-state index contributed by atoms with van der Waals surface area (Å²) >= 11 is 18.4. The Hall–Kier alpha value is -2.72. The molecular formula is C19H13Cl3N2O6S. The molecule has 0 aliphatic carbocycles. The highest BCUT2D eigenvalue weighted by Crippen LogP contribution is 2.41. The first-order valence-electron chi connectivity index (χ1n) is 8.38. The van der Waals surface area contributed by atoms with Crippen LogP contribution in [-0.2, 0) is 10.0 Å². The Morgan fingerprint density at radius 3 is 2.06 bits per heavy atom. The third-order valence-corrected chi connectivity index (χ3v) is 6.18. The van der Waals surface area contributed by atoms with Crippen LogP contribution < -0.4 is 14.2 Å². The third kappa shape index (κ3) is 5.31. The van der Waals surface area contributed by atoms with Gasteiger partial charge in [-0.1, -0.05) is 34.8 Å². The third-order valence-electron chi connectivity index (χ3n) is 3.96. The number of hydrogen-bond acceptors (Lipinski definition) is 6. The number of halogens is 3. The number of benzene rings is 3. The average molecular weight is 504 g/mol. The van der Waals surface area contributed by atoms with E-state index < -0.39 is 14.9 Å². The number of ether oxygens (including phenoxy) is 2. The SMILES string of the molecule is COc1ccc(NS(=O)(=O)c2cc(Cl)c(Oc3ccc([N+](=O)[O-])cc3Cl)c(Cl)c2)cc1. The fourth-order valence-electron chi connectivity index (χ4n) is 2.46. The van der Waals surface area contributed by atoms with Gasteiger partial charge in [0.15, 0.2) is 5.75 Å². The largest absolute Gasteiger partial charge is 0.497 e. The molecule has 0 aliphatic heterocycles. The highest BCUT2D eigenvalue weighted by Gasteiger charge is 2.21. The maximum Gasteiger partial charge on any atom is 0.271 e. The fourth-order valence-corrected chi connectivity index (χ4v) is 4.48. The van der Waals surface area contributed by atoms with Crippen LogP contribution in [0.4, 0.5) is 11.4 Å². The molecular weight excluding hydrogens is 491 g/mol. The molecule has 31 heavy (non-hydrogen) atoms. The number of nitrogens with zero attached hydrogens (tertiary/aromatic N) is 1. The Balaban J connectivity index is 1.88. The molecule has 162 valence electrons. The molecule has 8 nitrogen and oxygen atoms in total. The molecule has 0 fully saturated rings. The minimum Gasteiger partial charge on any atom is -0.497 e. The maximum atomic E-state index is 12.7. The van der Waals surface area contributed by atoms with Gasteiger partial charge in [0.1, 0.15) is 11.5 Å². The van der Waals surface area contributed by atoms with Crippen LogP contribution in [0.15, 0.2) is 59.5 Å². The highest BCUT2D eigenvalue weighted by molar-refractivity contribution is 7.92. The van der Waals surface area contributed by atoms with E-state index in [1.807, 2.05) is 0 Å². The summed E-state index contributed by atoms with van der Waals surface area (Å²) in [6.07, 6.45) is 0. The van der Waals surface area contributed by atoms with Crippen molar-refractivity contribution in [2.24, 2.45) is 0 Å². The quantitative estimate of drug-likeness (QED) is 0.306. The lowest BCUT2D eigenvalue weighted by atomic mass is 10.3. The number of nitrogens with one attached hydrogen (secondary N) is 1. The molecule has 12 heteroatoms. The van der Waals surface area contributed by atoms with Gasteiger partial charge < -0.3 is 9.47 Å². The van der Waals surface area contributed by atoms with Gasteiger partial charge >= 0.3 is 0 Å². The van der Waals surface area contributed by atoms with Gasteiger partial charge in [-0.25, -0.2) is 8.42 Å². The van der Waals surface area contributed by atoms with E-state index in [1.54, 1.807) is 12.1 Å². The normalized spacial score (nSPS) is 11.1. The second kappa shape index (κ2) is 9.19. The van der Waals surface area contributed by atoms with Crippen LogP contribution in [0.5, 0.6) is 17.2 Å². The maximum absolute atomic E-state index is 12.7. The van der Waals surface area contributed by atoms with Crippen molar-refractivity contribution in [3.05, 3.63) is 79.8 Å². The predicted octanol–water partition coefficient (Wildman–Crippen LogP) is 6.16. The molecule has 0 saturated carbocycles. The molecule has 3 rings (SSSR count). The molecule has 3 aromatic rings. The zero-order chi connectivity index (χ0) is 22.8. The van der Waals surface area contributed by atoms with E-state index in [2.05, 4.69) is 4.72 Å². The molecule has 3 aromatic carbocycles. The molecule has 0 atom stereocenters. The lowest BCUT2D eigenvalue weighted by Crippen LogP contribution is -2.13. The first kappa shape index (κ1) is 23.0. The van der Waals surface area contributed by atoms with Crippen LogP contribution in [0, 0.1) is 10.1 Å². The van der Waals surface area contributed by atoms with Crippen LogP contribution in [0.2, 0.25) is 15.1 Å². The zero-order valence-corrected chi connectivity index (χ0v) is 18.7. The zero-order valence-electron chi connectivity index (χ0n) is 15.6. The van der Waals surface area contributed by atoms with Gasteiger partial charge in [-0.15, -0.1) is 0 Å². The summed E-state index contributed by atoms with van der Waals surface area (Å²) in [6.45, 7) is 0. The predicted molar refractivity (Wildman–Crippen MR) is 118 cm³/mol. The molecule has 0 amide bonds.